The van der Waals surface area contributed by atoms with Gasteiger partial charge in [0, 0.05) is 36.3 Å². The van der Waals surface area contributed by atoms with Gasteiger partial charge in [0.25, 0.3) is 5.91 Å². The van der Waals surface area contributed by atoms with Gasteiger partial charge in [-0.25, -0.2) is 4.79 Å². The van der Waals surface area contributed by atoms with E-state index < -0.39 is 5.97 Å². The number of esters is 1. The maximum atomic E-state index is 12.3. The molecule has 1 aliphatic heterocycles. The lowest BCUT2D eigenvalue weighted by Crippen LogP contribution is -2.59. The molecule has 1 amide bonds. The fraction of sp³-hybridized carbons (Fsp3) is 0.545. The van der Waals surface area contributed by atoms with Crippen molar-refractivity contribution in [2.75, 3.05) is 39.5 Å². The van der Waals surface area contributed by atoms with Crippen molar-refractivity contribution in [2.45, 2.75) is 37.6 Å². The van der Waals surface area contributed by atoms with E-state index in [1.54, 1.807) is 30.3 Å². The summed E-state index contributed by atoms with van der Waals surface area (Å²) in [5.74, 6) is -0.813. The van der Waals surface area contributed by atoms with Crippen LogP contribution in [0.1, 0.15) is 37.7 Å². The fourth-order valence-corrected chi connectivity index (χ4v) is 4.22. The number of morpholine rings is 1. The summed E-state index contributed by atoms with van der Waals surface area (Å²) in [4.78, 5) is 26.6. The Hall–Kier alpha value is -1.89. The van der Waals surface area contributed by atoms with Crippen LogP contribution in [0.4, 0.5) is 0 Å². The monoisotopic (exact) mass is 420 g/mol. The van der Waals surface area contributed by atoms with E-state index >= 15 is 0 Å². The predicted octanol–water partition coefficient (Wildman–Crippen LogP) is 3.05. The molecule has 2 aliphatic rings. The molecule has 0 radical (unpaired) electrons. The summed E-state index contributed by atoms with van der Waals surface area (Å²) in [6.07, 6.45) is 8.71. The number of amides is 1. The van der Waals surface area contributed by atoms with Gasteiger partial charge >= 0.3 is 5.97 Å². The third-order valence-electron chi connectivity index (χ3n) is 5.71. The molecule has 0 unspecified atom stereocenters. The number of halogens is 1. The highest BCUT2D eigenvalue weighted by molar-refractivity contribution is 6.30. The zero-order valence-electron chi connectivity index (χ0n) is 16.7. The molecule has 1 aliphatic carbocycles. The molecule has 6 nitrogen and oxygen atoms in total. The predicted molar refractivity (Wildman–Crippen MR) is 113 cm³/mol. The van der Waals surface area contributed by atoms with Crippen LogP contribution < -0.4 is 5.32 Å². The second-order valence-electron chi connectivity index (χ2n) is 7.65. The van der Waals surface area contributed by atoms with Crippen molar-refractivity contribution in [3.05, 3.63) is 40.9 Å². The first-order valence-corrected chi connectivity index (χ1v) is 10.7. The van der Waals surface area contributed by atoms with Crippen molar-refractivity contribution in [1.29, 1.82) is 0 Å². The maximum absolute atomic E-state index is 12.3. The van der Waals surface area contributed by atoms with Gasteiger partial charge in [-0.3, -0.25) is 9.69 Å². The SMILES string of the molecule is O=C(COC(=O)/C=C/c1ccc(Cl)cc1)NCC1(N2CCOCC2)CCCCC1. The highest BCUT2D eigenvalue weighted by Crippen LogP contribution is 2.33. The quantitative estimate of drug-likeness (QED) is 0.542. The minimum absolute atomic E-state index is 0.00378. The fourth-order valence-electron chi connectivity index (χ4n) is 4.09. The smallest absolute Gasteiger partial charge is 0.331 e. The lowest BCUT2D eigenvalue weighted by Gasteiger charge is -2.48. The summed E-state index contributed by atoms with van der Waals surface area (Å²) < 4.78 is 10.6. The Morgan fingerprint density at radius 3 is 2.52 bits per heavy atom. The van der Waals surface area contributed by atoms with Gasteiger partial charge in [-0.1, -0.05) is 43.0 Å². The molecule has 0 spiro atoms. The maximum Gasteiger partial charge on any atom is 0.331 e. The molecule has 158 valence electrons. The van der Waals surface area contributed by atoms with Gasteiger partial charge in [0.2, 0.25) is 0 Å². The number of hydrogen-bond acceptors (Lipinski definition) is 5. The summed E-state index contributed by atoms with van der Waals surface area (Å²) in [6.45, 7) is 3.61. The van der Waals surface area contributed by atoms with E-state index in [9.17, 15) is 9.59 Å². The van der Waals surface area contributed by atoms with E-state index in [4.69, 9.17) is 21.1 Å². The molecule has 0 atom stereocenters. The number of carbonyl (C=O) groups is 2. The third kappa shape index (κ3) is 6.56. The Kier molecular flexibility index (Phi) is 8.09. The van der Waals surface area contributed by atoms with Gasteiger partial charge in [-0.15, -0.1) is 0 Å². The molecule has 3 rings (SSSR count). The highest BCUT2D eigenvalue weighted by Gasteiger charge is 2.38. The number of nitrogens with zero attached hydrogens (tertiary/aromatic N) is 1. The number of rotatable bonds is 7. The first-order chi connectivity index (χ1) is 14.1. The van der Waals surface area contributed by atoms with Crippen LogP contribution >= 0.6 is 11.6 Å². The van der Waals surface area contributed by atoms with Crippen LogP contribution in [-0.2, 0) is 19.1 Å². The topological polar surface area (TPSA) is 67.9 Å². The Labute approximate surface area is 177 Å². The number of nitrogens with one attached hydrogen (secondary N) is 1. The lowest BCUT2D eigenvalue weighted by atomic mass is 9.79. The molecule has 1 saturated heterocycles. The van der Waals surface area contributed by atoms with Crippen molar-refractivity contribution >= 4 is 29.6 Å². The van der Waals surface area contributed by atoms with E-state index in [0.29, 0.717) is 11.6 Å². The Morgan fingerprint density at radius 2 is 1.83 bits per heavy atom. The summed E-state index contributed by atoms with van der Waals surface area (Å²) in [6, 6.07) is 7.09. The molecule has 1 heterocycles. The van der Waals surface area contributed by atoms with Crippen LogP contribution in [0.3, 0.4) is 0 Å². The first kappa shape index (κ1) is 21.8. The lowest BCUT2D eigenvalue weighted by molar-refractivity contribution is -0.144. The second kappa shape index (κ2) is 10.8. The normalized spacial score (nSPS) is 19.8. The number of benzene rings is 1. The summed E-state index contributed by atoms with van der Waals surface area (Å²) >= 11 is 5.83. The molecule has 7 heteroatoms. The van der Waals surface area contributed by atoms with Gasteiger partial charge in [-0.05, 0) is 36.6 Å². The number of hydrogen-bond donors (Lipinski definition) is 1. The van der Waals surface area contributed by atoms with Crippen molar-refractivity contribution in [1.82, 2.24) is 10.2 Å². The zero-order valence-corrected chi connectivity index (χ0v) is 17.5. The number of ether oxygens (including phenoxy) is 2. The van der Waals surface area contributed by atoms with Crippen molar-refractivity contribution in [2.24, 2.45) is 0 Å². The van der Waals surface area contributed by atoms with Crippen LogP contribution in [0.2, 0.25) is 5.02 Å². The molecular formula is C22H29ClN2O4. The Bertz CT molecular complexity index is 708. The highest BCUT2D eigenvalue weighted by atomic mass is 35.5. The Balaban J connectivity index is 1.45. The standard InChI is InChI=1S/C22H29ClN2O4/c23-19-7-4-18(5-8-19)6-9-21(27)29-16-20(26)24-17-22(10-2-1-3-11-22)25-12-14-28-15-13-25/h4-9H,1-3,10-17H2,(H,24,26)/b9-6+. The Morgan fingerprint density at radius 1 is 1.14 bits per heavy atom. The molecule has 1 saturated carbocycles. The molecule has 2 fully saturated rings. The molecule has 29 heavy (non-hydrogen) atoms. The largest absolute Gasteiger partial charge is 0.452 e. The minimum Gasteiger partial charge on any atom is -0.452 e. The molecule has 0 aromatic heterocycles. The molecule has 1 aromatic rings. The van der Waals surface area contributed by atoms with Crippen molar-refractivity contribution < 1.29 is 19.1 Å². The summed E-state index contributed by atoms with van der Waals surface area (Å²) in [5, 5.41) is 3.62. The van der Waals surface area contributed by atoms with E-state index in [1.807, 2.05) is 0 Å². The van der Waals surface area contributed by atoms with Crippen LogP contribution in [-0.4, -0.2) is 61.8 Å². The van der Waals surface area contributed by atoms with Crippen LogP contribution in [0.15, 0.2) is 30.3 Å². The number of carbonyl (C=O) groups excluding carboxylic acids is 2. The van der Waals surface area contributed by atoms with Gasteiger partial charge in [0.1, 0.15) is 0 Å². The first-order valence-electron chi connectivity index (χ1n) is 10.3. The van der Waals surface area contributed by atoms with Gasteiger partial charge in [0.15, 0.2) is 6.61 Å². The van der Waals surface area contributed by atoms with E-state index in [1.165, 1.54) is 25.3 Å². The van der Waals surface area contributed by atoms with Gasteiger partial charge < -0.3 is 14.8 Å². The zero-order chi connectivity index (χ0) is 20.5. The minimum atomic E-state index is -0.546. The summed E-state index contributed by atoms with van der Waals surface area (Å²) in [7, 11) is 0. The molecule has 1 aromatic carbocycles. The average Bonchev–Trinajstić information content (AvgIpc) is 2.77. The van der Waals surface area contributed by atoms with Gasteiger partial charge in [0.05, 0.1) is 13.2 Å². The van der Waals surface area contributed by atoms with E-state index in [2.05, 4.69) is 10.2 Å². The van der Waals surface area contributed by atoms with E-state index in [0.717, 1.165) is 44.7 Å². The second-order valence-corrected chi connectivity index (χ2v) is 8.09. The van der Waals surface area contributed by atoms with Crippen LogP contribution in [0, 0.1) is 0 Å². The van der Waals surface area contributed by atoms with Crippen molar-refractivity contribution in [3.8, 4) is 0 Å². The van der Waals surface area contributed by atoms with Crippen LogP contribution in [0.5, 0.6) is 0 Å². The average molecular weight is 421 g/mol. The van der Waals surface area contributed by atoms with E-state index in [-0.39, 0.29) is 18.1 Å². The van der Waals surface area contributed by atoms with Crippen LogP contribution in [0.25, 0.3) is 6.08 Å². The third-order valence-corrected chi connectivity index (χ3v) is 5.96. The van der Waals surface area contributed by atoms with Crippen molar-refractivity contribution in [3.63, 3.8) is 0 Å². The van der Waals surface area contributed by atoms with Gasteiger partial charge in [-0.2, -0.15) is 0 Å². The molecule has 1 N–H and O–H groups in total. The molecular weight excluding hydrogens is 392 g/mol. The molecule has 0 bridgehead atoms. The summed E-state index contributed by atoms with van der Waals surface area (Å²) in [5.41, 5.74) is 0.830.